The number of aromatic nitrogens is 4. The van der Waals surface area contributed by atoms with Crippen LogP contribution in [0.25, 0.3) is 0 Å². The van der Waals surface area contributed by atoms with Crippen LogP contribution < -0.4 is 22.5 Å². The van der Waals surface area contributed by atoms with Crippen molar-refractivity contribution >= 4 is 11.9 Å². The quantitative estimate of drug-likeness (QED) is 0.255. The molecule has 14 heteroatoms. The lowest BCUT2D eigenvalue weighted by atomic mass is 10.2. The minimum absolute atomic E-state index is 0.267. The monoisotopic (exact) mass is 386 g/mol. The van der Waals surface area contributed by atoms with Gasteiger partial charge in [0.25, 0.3) is 11.1 Å². The number of rotatable bonds is 4. The third kappa shape index (κ3) is 5.62. The average molecular weight is 386 g/mol. The van der Waals surface area contributed by atoms with E-state index in [9.17, 15) is 33.9 Å². The van der Waals surface area contributed by atoms with E-state index < -0.39 is 52.2 Å². The molecule has 0 amide bonds. The minimum Gasteiger partial charge on any atom is -0.479 e. The van der Waals surface area contributed by atoms with E-state index in [2.05, 4.69) is 9.72 Å². The van der Waals surface area contributed by atoms with Crippen LogP contribution in [0.4, 0.5) is 0 Å². The van der Waals surface area contributed by atoms with Crippen LogP contribution in [0.5, 0.6) is 0 Å². The smallest absolute Gasteiger partial charge is 0.339 e. The minimum atomic E-state index is -1.93. The maximum absolute atomic E-state index is 11.1. The van der Waals surface area contributed by atoms with Gasteiger partial charge in [-0.15, -0.1) is 0 Å². The molecule has 2 atom stereocenters. The summed E-state index contributed by atoms with van der Waals surface area (Å²) in [6.45, 7) is 0. The van der Waals surface area contributed by atoms with E-state index in [4.69, 9.17) is 10.2 Å². The van der Waals surface area contributed by atoms with Crippen molar-refractivity contribution < 1.29 is 29.6 Å². The van der Waals surface area contributed by atoms with Gasteiger partial charge in [0, 0.05) is 12.4 Å². The van der Waals surface area contributed by atoms with Gasteiger partial charge in [0.15, 0.2) is 12.2 Å². The molecule has 2 heterocycles. The summed E-state index contributed by atoms with van der Waals surface area (Å²) in [5.74, 6) is -2.53. The molecule has 0 fully saturated rings. The van der Waals surface area contributed by atoms with Gasteiger partial charge in [-0.2, -0.15) is 0 Å². The van der Waals surface area contributed by atoms with Crippen molar-refractivity contribution in [1.29, 1.82) is 0 Å². The zero-order valence-electron chi connectivity index (χ0n) is 13.5. The van der Waals surface area contributed by atoms with E-state index in [0.29, 0.717) is 0 Å². The predicted octanol–water partition coefficient (Wildman–Crippen LogP) is -3.55. The number of nitrogens with one attached hydrogen (secondary N) is 4. The number of H-pyrrole nitrogens is 4. The van der Waals surface area contributed by atoms with E-state index in [1.165, 1.54) is 0 Å². The molecule has 0 radical (unpaired) electrons. The number of carbonyl (C=O) groups is 2. The Morgan fingerprint density at radius 3 is 1.63 bits per heavy atom. The Morgan fingerprint density at radius 1 is 0.889 bits per heavy atom. The number of aliphatic carboxylic acids is 1. The SMILES string of the molecule is COC(=O)C(O)c1c[nH]c(=O)[nH]c1=O.O=C(O)C(O)c1c[nH]c(=O)[nH]c1=O. The van der Waals surface area contributed by atoms with Crippen LogP contribution in [0.3, 0.4) is 0 Å². The highest BCUT2D eigenvalue weighted by Gasteiger charge is 2.21. The van der Waals surface area contributed by atoms with E-state index in [1.54, 1.807) is 4.98 Å². The van der Waals surface area contributed by atoms with Crippen LogP contribution in [-0.4, -0.2) is 54.3 Å². The molecule has 0 saturated heterocycles. The van der Waals surface area contributed by atoms with Gasteiger partial charge in [0.1, 0.15) is 0 Å². The van der Waals surface area contributed by atoms with Crippen molar-refractivity contribution in [3.63, 3.8) is 0 Å². The Balaban J connectivity index is 0.000000271. The molecule has 146 valence electrons. The lowest BCUT2D eigenvalue weighted by Gasteiger charge is -2.05. The molecule has 0 saturated carbocycles. The molecule has 0 aliphatic heterocycles. The summed E-state index contributed by atoms with van der Waals surface area (Å²) in [4.78, 5) is 71.9. The molecule has 2 aromatic rings. The maximum atomic E-state index is 11.1. The van der Waals surface area contributed by atoms with Gasteiger partial charge >= 0.3 is 23.3 Å². The average Bonchev–Trinajstić information content (AvgIpc) is 2.60. The Morgan fingerprint density at radius 2 is 1.30 bits per heavy atom. The molecule has 2 rings (SSSR count). The van der Waals surface area contributed by atoms with Gasteiger partial charge in [-0.05, 0) is 0 Å². The second-order valence-electron chi connectivity index (χ2n) is 4.72. The highest BCUT2D eigenvalue weighted by Crippen LogP contribution is 2.06. The summed E-state index contributed by atoms with van der Waals surface area (Å²) in [5.41, 5.74) is -3.89. The second kappa shape index (κ2) is 9.07. The number of hydrogen-bond donors (Lipinski definition) is 7. The summed E-state index contributed by atoms with van der Waals surface area (Å²) in [5, 5.41) is 26.5. The Bertz CT molecular complexity index is 1050. The summed E-state index contributed by atoms with van der Waals surface area (Å²) < 4.78 is 4.22. The van der Waals surface area contributed by atoms with Gasteiger partial charge in [0.2, 0.25) is 0 Å². The van der Waals surface area contributed by atoms with Crippen LogP contribution in [0.2, 0.25) is 0 Å². The molecule has 0 aliphatic carbocycles. The number of carboxylic acids is 1. The fraction of sp³-hybridized carbons (Fsp3) is 0.231. The molecule has 27 heavy (non-hydrogen) atoms. The van der Waals surface area contributed by atoms with Crippen molar-refractivity contribution in [3.8, 4) is 0 Å². The lowest BCUT2D eigenvalue weighted by Crippen LogP contribution is -2.29. The van der Waals surface area contributed by atoms with Crippen LogP contribution in [0.1, 0.15) is 23.3 Å². The Kier molecular flexibility index (Phi) is 7.14. The number of carboxylic acid groups (broad SMARTS) is 1. The van der Waals surface area contributed by atoms with E-state index in [1.807, 2.05) is 9.97 Å². The predicted molar refractivity (Wildman–Crippen MR) is 84.9 cm³/mol. The van der Waals surface area contributed by atoms with Crippen molar-refractivity contribution in [2.75, 3.05) is 7.11 Å². The number of aliphatic hydroxyl groups excluding tert-OH is 2. The Labute approximate surface area is 147 Å². The van der Waals surface area contributed by atoms with Crippen molar-refractivity contribution in [1.82, 2.24) is 19.9 Å². The third-order valence-electron chi connectivity index (χ3n) is 2.94. The normalized spacial score (nSPS) is 12.3. The van der Waals surface area contributed by atoms with Gasteiger partial charge in [-0.3, -0.25) is 19.6 Å². The lowest BCUT2D eigenvalue weighted by molar-refractivity contribution is -0.151. The van der Waals surface area contributed by atoms with Crippen LogP contribution in [0.15, 0.2) is 31.6 Å². The molecular weight excluding hydrogens is 372 g/mol. The van der Waals surface area contributed by atoms with Crippen molar-refractivity contribution in [3.05, 3.63) is 65.2 Å². The summed E-state index contributed by atoms with van der Waals surface area (Å²) in [7, 11) is 1.07. The highest BCUT2D eigenvalue weighted by molar-refractivity contribution is 5.75. The van der Waals surface area contributed by atoms with Crippen molar-refractivity contribution in [2.45, 2.75) is 12.2 Å². The molecule has 2 aromatic heterocycles. The number of hydrogen-bond acceptors (Lipinski definition) is 9. The number of aromatic amines is 4. The molecule has 14 nitrogen and oxygen atoms in total. The molecule has 0 aliphatic rings. The van der Waals surface area contributed by atoms with E-state index in [-0.39, 0.29) is 5.56 Å². The first-order valence-electron chi connectivity index (χ1n) is 6.89. The molecule has 0 aromatic carbocycles. The summed E-state index contributed by atoms with van der Waals surface area (Å²) >= 11 is 0. The Hall–Kier alpha value is -3.78. The number of ether oxygens (including phenoxy) is 1. The summed E-state index contributed by atoms with van der Waals surface area (Å²) in [6.07, 6.45) is -1.80. The van der Waals surface area contributed by atoms with Gasteiger partial charge in [-0.1, -0.05) is 0 Å². The third-order valence-corrected chi connectivity index (χ3v) is 2.94. The first-order chi connectivity index (χ1) is 12.6. The number of methoxy groups -OCH3 is 1. The standard InChI is InChI=1S/C7H8N2O5.C6H6N2O5/c1-14-6(12)4(10)3-2-8-7(13)9-5(3)11;9-3(5(11)12)2-1-7-6(13)8-4(2)10/h2,4,10H,1H3,(H2,8,9,11,13);1,3,9H,(H,11,12)(H2,7,8,10,13). The van der Waals surface area contributed by atoms with Crippen LogP contribution >= 0.6 is 0 Å². The second-order valence-corrected chi connectivity index (χ2v) is 4.72. The van der Waals surface area contributed by atoms with Crippen LogP contribution in [-0.2, 0) is 14.3 Å². The largest absolute Gasteiger partial charge is 0.479 e. The zero-order chi connectivity index (χ0) is 20.7. The molecule has 0 bridgehead atoms. The van der Waals surface area contributed by atoms with Crippen LogP contribution in [0, 0.1) is 0 Å². The number of esters is 1. The van der Waals surface area contributed by atoms with Gasteiger partial charge in [0.05, 0.1) is 18.2 Å². The molecule has 2 unspecified atom stereocenters. The van der Waals surface area contributed by atoms with Gasteiger partial charge < -0.3 is 30.0 Å². The molecular formula is C13H14N4O10. The van der Waals surface area contributed by atoms with Crippen molar-refractivity contribution in [2.24, 2.45) is 0 Å². The zero-order valence-corrected chi connectivity index (χ0v) is 13.5. The highest BCUT2D eigenvalue weighted by atomic mass is 16.5. The van der Waals surface area contributed by atoms with E-state index in [0.717, 1.165) is 19.5 Å². The maximum Gasteiger partial charge on any atom is 0.339 e. The topological polar surface area (TPSA) is 235 Å². The first-order valence-corrected chi connectivity index (χ1v) is 6.89. The fourth-order valence-corrected chi connectivity index (χ4v) is 1.62. The molecule has 0 spiro atoms. The van der Waals surface area contributed by atoms with Gasteiger partial charge in [-0.25, -0.2) is 19.2 Å². The number of carbonyl (C=O) groups excluding carboxylic acids is 1. The van der Waals surface area contributed by atoms with E-state index >= 15 is 0 Å². The molecule has 7 N–H and O–H groups in total. The number of aliphatic hydroxyl groups is 2. The fourth-order valence-electron chi connectivity index (χ4n) is 1.62. The summed E-state index contributed by atoms with van der Waals surface area (Å²) in [6, 6.07) is 0. The first kappa shape index (κ1) is 21.3.